The number of rotatable bonds is 6. The highest BCUT2D eigenvalue weighted by Crippen LogP contribution is 2.41. The number of ether oxygens (including phenoxy) is 1. The van der Waals surface area contributed by atoms with Crippen molar-refractivity contribution in [2.75, 3.05) is 13.7 Å². The molecule has 0 aliphatic heterocycles. The summed E-state index contributed by atoms with van der Waals surface area (Å²) in [5.41, 5.74) is 12.8. The molecule has 1 radical (unpaired) electrons. The van der Waals surface area contributed by atoms with Crippen LogP contribution in [0, 0.1) is 5.92 Å². The Kier molecular flexibility index (Phi) is 5.08. The molecule has 0 saturated heterocycles. The van der Waals surface area contributed by atoms with Crippen LogP contribution in [0.25, 0.3) is 28.2 Å². The first-order valence-electron chi connectivity index (χ1n) is 10.7. The standard InChI is InChI=1S/C26H27N4O/c1-18(17-31-2)24-22(19-7-4-3-5-8-19)23(29-25-28-15-16-30(24)25)20-9-11-21(12-10-20)26(27)13-6-14-26/h3-5,7-12,15-16H,6,13-14,17,27H2,1-2H3. The van der Waals surface area contributed by atoms with Gasteiger partial charge in [-0.15, -0.1) is 0 Å². The maximum atomic E-state index is 6.55. The van der Waals surface area contributed by atoms with Gasteiger partial charge in [0.15, 0.2) is 0 Å². The first-order chi connectivity index (χ1) is 15.1. The number of aromatic nitrogens is 3. The second-order valence-electron chi connectivity index (χ2n) is 8.45. The predicted molar refractivity (Wildman–Crippen MR) is 123 cm³/mol. The van der Waals surface area contributed by atoms with Gasteiger partial charge < -0.3 is 10.5 Å². The lowest BCUT2D eigenvalue weighted by Gasteiger charge is -2.38. The van der Waals surface area contributed by atoms with Gasteiger partial charge in [0.25, 0.3) is 0 Å². The Hall–Kier alpha value is -3.02. The monoisotopic (exact) mass is 411 g/mol. The molecule has 0 unspecified atom stereocenters. The summed E-state index contributed by atoms with van der Waals surface area (Å²) < 4.78 is 7.54. The molecule has 157 valence electrons. The molecule has 5 heteroatoms. The molecule has 1 aliphatic carbocycles. The quantitative estimate of drug-likeness (QED) is 0.485. The lowest BCUT2D eigenvalue weighted by atomic mass is 9.72. The van der Waals surface area contributed by atoms with Crippen LogP contribution in [-0.2, 0) is 10.3 Å². The van der Waals surface area contributed by atoms with E-state index in [1.165, 1.54) is 12.0 Å². The minimum absolute atomic E-state index is 0.171. The molecule has 0 spiro atoms. The first-order valence-corrected chi connectivity index (χ1v) is 10.7. The molecule has 1 aliphatic rings. The van der Waals surface area contributed by atoms with Gasteiger partial charge in [0, 0.05) is 47.8 Å². The zero-order chi connectivity index (χ0) is 21.4. The molecule has 4 aromatic rings. The van der Waals surface area contributed by atoms with Gasteiger partial charge in [-0.3, -0.25) is 4.40 Å². The number of hydrogen-bond donors (Lipinski definition) is 1. The van der Waals surface area contributed by atoms with E-state index in [1.807, 2.05) is 12.3 Å². The van der Waals surface area contributed by atoms with Gasteiger partial charge in [-0.05, 0) is 30.4 Å². The summed E-state index contributed by atoms with van der Waals surface area (Å²) >= 11 is 0. The first kappa shape index (κ1) is 19.9. The Morgan fingerprint density at radius 3 is 2.45 bits per heavy atom. The normalized spacial score (nSPS) is 15.4. The van der Waals surface area contributed by atoms with Crippen LogP contribution in [-0.4, -0.2) is 28.1 Å². The Bertz CT molecular complexity index is 1190. The van der Waals surface area contributed by atoms with Gasteiger partial charge in [0.05, 0.1) is 12.3 Å². The van der Waals surface area contributed by atoms with Crippen LogP contribution in [0.3, 0.4) is 0 Å². The van der Waals surface area contributed by atoms with E-state index in [0.717, 1.165) is 46.8 Å². The fraction of sp³-hybridized carbons (Fsp3) is 0.269. The van der Waals surface area contributed by atoms with Gasteiger partial charge in [0.2, 0.25) is 5.78 Å². The van der Waals surface area contributed by atoms with E-state index < -0.39 is 0 Å². The number of nitrogens with zero attached hydrogens (tertiary/aromatic N) is 3. The summed E-state index contributed by atoms with van der Waals surface area (Å²) in [4.78, 5) is 9.48. The third-order valence-electron chi connectivity index (χ3n) is 6.35. The van der Waals surface area contributed by atoms with E-state index in [9.17, 15) is 0 Å². The molecular weight excluding hydrogens is 384 g/mol. The Morgan fingerprint density at radius 2 is 1.81 bits per heavy atom. The SMILES string of the molecule is COC[C](C)c1c(-c2ccccc2)c(-c2ccc(C3(N)CCC3)cc2)nc2nccn12. The molecule has 31 heavy (non-hydrogen) atoms. The van der Waals surface area contributed by atoms with Crippen LogP contribution < -0.4 is 5.73 Å². The van der Waals surface area contributed by atoms with Crippen molar-refractivity contribution < 1.29 is 4.74 Å². The third-order valence-corrected chi connectivity index (χ3v) is 6.35. The third kappa shape index (κ3) is 3.44. The number of benzene rings is 2. The number of fused-ring (bicyclic) bond motifs is 1. The number of imidazole rings is 1. The van der Waals surface area contributed by atoms with Crippen LogP contribution >= 0.6 is 0 Å². The highest BCUT2D eigenvalue weighted by Gasteiger charge is 2.34. The molecule has 1 saturated carbocycles. The van der Waals surface area contributed by atoms with Crippen LogP contribution in [0.5, 0.6) is 0 Å². The summed E-state index contributed by atoms with van der Waals surface area (Å²) in [6.07, 6.45) is 7.06. The maximum Gasteiger partial charge on any atom is 0.234 e. The highest BCUT2D eigenvalue weighted by atomic mass is 16.5. The van der Waals surface area contributed by atoms with E-state index in [1.54, 1.807) is 13.3 Å². The zero-order valence-electron chi connectivity index (χ0n) is 18.0. The Morgan fingerprint density at radius 1 is 1.06 bits per heavy atom. The minimum Gasteiger partial charge on any atom is -0.384 e. The van der Waals surface area contributed by atoms with E-state index in [2.05, 4.69) is 64.8 Å². The van der Waals surface area contributed by atoms with Crippen molar-refractivity contribution >= 4 is 5.78 Å². The molecule has 5 rings (SSSR count). The van der Waals surface area contributed by atoms with E-state index in [-0.39, 0.29) is 5.54 Å². The Labute approximate surface area is 182 Å². The summed E-state index contributed by atoms with van der Waals surface area (Å²) in [6.45, 7) is 2.64. The molecule has 0 amide bonds. The van der Waals surface area contributed by atoms with E-state index in [4.69, 9.17) is 15.5 Å². The van der Waals surface area contributed by atoms with Gasteiger partial charge in [-0.2, -0.15) is 0 Å². The number of methoxy groups -OCH3 is 1. The molecule has 0 bridgehead atoms. The van der Waals surface area contributed by atoms with Crippen LogP contribution in [0.15, 0.2) is 67.0 Å². The van der Waals surface area contributed by atoms with E-state index in [0.29, 0.717) is 12.4 Å². The zero-order valence-corrected chi connectivity index (χ0v) is 18.0. The molecule has 2 aromatic heterocycles. The molecule has 2 aromatic carbocycles. The second kappa shape index (κ2) is 7.91. The smallest absolute Gasteiger partial charge is 0.234 e. The lowest BCUT2D eigenvalue weighted by Crippen LogP contribution is -2.43. The topological polar surface area (TPSA) is 65.4 Å². The molecular formula is C26H27N4O. The summed E-state index contributed by atoms with van der Waals surface area (Å²) in [5.74, 6) is 1.80. The van der Waals surface area contributed by atoms with E-state index >= 15 is 0 Å². The van der Waals surface area contributed by atoms with Gasteiger partial charge in [-0.1, -0.05) is 61.5 Å². The van der Waals surface area contributed by atoms with Crippen molar-refractivity contribution in [1.82, 2.24) is 14.4 Å². The Balaban J connectivity index is 1.74. The molecule has 2 heterocycles. The summed E-state index contributed by atoms with van der Waals surface area (Å²) in [5, 5.41) is 0. The van der Waals surface area contributed by atoms with Crippen LogP contribution in [0.4, 0.5) is 0 Å². The van der Waals surface area contributed by atoms with Crippen LogP contribution in [0.1, 0.15) is 37.4 Å². The number of nitrogens with two attached hydrogens (primary N) is 1. The largest absolute Gasteiger partial charge is 0.384 e. The molecule has 0 atom stereocenters. The lowest BCUT2D eigenvalue weighted by molar-refractivity contribution is 0.213. The van der Waals surface area contributed by atoms with Crippen molar-refractivity contribution in [3.8, 4) is 22.4 Å². The van der Waals surface area contributed by atoms with Gasteiger partial charge >= 0.3 is 0 Å². The fourth-order valence-corrected chi connectivity index (χ4v) is 4.54. The molecule has 2 N–H and O–H groups in total. The minimum atomic E-state index is -0.171. The fourth-order valence-electron chi connectivity index (χ4n) is 4.54. The predicted octanol–water partition coefficient (Wildman–Crippen LogP) is 4.99. The van der Waals surface area contributed by atoms with Gasteiger partial charge in [0.1, 0.15) is 0 Å². The van der Waals surface area contributed by atoms with Crippen LogP contribution in [0.2, 0.25) is 0 Å². The molecule has 1 fully saturated rings. The van der Waals surface area contributed by atoms with Crippen molar-refractivity contribution in [3.05, 3.63) is 84.2 Å². The maximum absolute atomic E-state index is 6.55. The summed E-state index contributed by atoms with van der Waals surface area (Å²) in [7, 11) is 1.72. The average Bonchev–Trinajstić information content (AvgIpc) is 3.25. The van der Waals surface area contributed by atoms with Crippen molar-refractivity contribution in [1.29, 1.82) is 0 Å². The van der Waals surface area contributed by atoms with Crippen molar-refractivity contribution in [3.63, 3.8) is 0 Å². The molecule has 5 nitrogen and oxygen atoms in total. The van der Waals surface area contributed by atoms with Gasteiger partial charge in [-0.25, -0.2) is 9.97 Å². The highest BCUT2D eigenvalue weighted by molar-refractivity contribution is 5.85. The van der Waals surface area contributed by atoms with Crippen molar-refractivity contribution in [2.24, 2.45) is 5.73 Å². The second-order valence-corrected chi connectivity index (χ2v) is 8.45. The van der Waals surface area contributed by atoms with Crippen molar-refractivity contribution in [2.45, 2.75) is 31.7 Å². The average molecular weight is 412 g/mol. The number of hydrogen-bond acceptors (Lipinski definition) is 4. The summed E-state index contributed by atoms with van der Waals surface area (Å²) in [6, 6.07) is 19.0.